The zero-order valence-electron chi connectivity index (χ0n) is 13.8. The van der Waals surface area contributed by atoms with E-state index in [1.54, 1.807) is 0 Å². The highest BCUT2D eigenvalue weighted by Crippen LogP contribution is 2.17. The lowest BCUT2D eigenvalue weighted by atomic mass is 10.2. The summed E-state index contributed by atoms with van der Waals surface area (Å²) in [6.07, 6.45) is 8.12. The number of rotatable bonds is 7. The van der Waals surface area contributed by atoms with Crippen LogP contribution in [0.2, 0.25) is 0 Å². The number of benzene rings is 1. The molecule has 0 amide bonds. The van der Waals surface area contributed by atoms with E-state index >= 15 is 0 Å². The molecule has 0 saturated heterocycles. The molecule has 4 heteroatoms. The quantitative estimate of drug-likeness (QED) is 0.352. The molecule has 4 nitrogen and oxygen atoms in total. The SMILES string of the molecule is CCCCCNC(=NC)NCc1ccc(N2CC=CC2)cc1. The van der Waals surface area contributed by atoms with E-state index in [1.807, 2.05) is 7.05 Å². The van der Waals surface area contributed by atoms with Gasteiger partial charge in [0, 0.05) is 38.9 Å². The molecule has 0 atom stereocenters. The van der Waals surface area contributed by atoms with E-state index in [1.165, 1.54) is 30.5 Å². The summed E-state index contributed by atoms with van der Waals surface area (Å²) in [6.45, 7) is 6.03. The zero-order valence-corrected chi connectivity index (χ0v) is 13.8. The maximum absolute atomic E-state index is 4.26. The Hall–Kier alpha value is -1.97. The lowest BCUT2D eigenvalue weighted by Gasteiger charge is -2.18. The minimum Gasteiger partial charge on any atom is -0.364 e. The van der Waals surface area contributed by atoms with Crippen molar-refractivity contribution in [1.82, 2.24) is 10.6 Å². The number of hydrogen-bond donors (Lipinski definition) is 2. The molecular formula is C18H28N4. The first kappa shape index (κ1) is 16.4. The van der Waals surface area contributed by atoms with Gasteiger partial charge < -0.3 is 15.5 Å². The van der Waals surface area contributed by atoms with Crippen molar-refractivity contribution in [2.45, 2.75) is 32.7 Å². The third-order valence-electron chi connectivity index (χ3n) is 3.88. The van der Waals surface area contributed by atoms with Gasteiger partial charge in [-0.1, -0.05) is 44.1 Å². The van der Waals surface area contributed by atoms with Crippen molar-refractivity contribution in [2.75, 3.05) is 31.6 Å². The number of nitrogens with one attached hydrogen (secondary N) is 2. The van der Waals surface area contributed by atoms with E-state index in [0.717, 1.165) is 32.1 Å². The first-order valence-corrected chi connectivity index (χ1v) is 8.27. The van der Waals surface area contributed by atoms with Crippen LogP contribution in [0.1, 0.15) is 31.7 Å². The van der Waals surface area contributed by atoms with Gasteiger partial charge in [0.15, 0.2) is 5.96 Å². The summed E-state index contributed by atoms with van der Waals surface area (Å²) in [6, 6.07) is 8.76. The molecule has 0 aliphatic carbocycles. The van der Waals surface area contributed by atoms with E-state index in [0.29, 0.717) is 0 Å². The van der Waals surface area contributed by atoms with Gasteiger partial charge in [-0.3, -0.25) is 4.99 Å². The van der Waals surface area contributed by atoms with Crippen LogP contribution in [0, 0.1) is 0 Å². The molecular weight excluding hydrogens is 272 g/mol. The highest BCUT2D eigenvalue weighted by Gasteiger charge is 2.07. The van der Waals surface area contributed by atoms with Crippen LogP contribution in [-0.4, -0.2) is 32.6 Å². The summed E-state index contributed by atoms with van der Waals surface area (Å²) < 4.78 is 0. The van der Waals surface area contributed by atoms with E-state index in [9.17, 15) is 0 Å². The Morgan fingerprint density at radius 2 is 1.82 bits per heavy atom. The average Bonchev–Trinajstić information content (AvgIpc) is 3.09. The van der Waals surface area contributed by atoms with Crippen LogP contribution in [0.15, 0.2) is 41.4 Å². The third kappa shape index (κ3) is 5.10. The predicted octanol–water partition coefficient (Wildman–Crippen LogP) is 2.92. The van der Waals surface area contributed by atoms with Crippen molar-refractivity contribution in [1.29, 1.82) is 0 Å². The summed E-state index contributed by atoms with van der Waals surface area (Å²) in [7, 11) is 1.82. The van der Waals surface area contributed by atoms with Crippen LogP contribution in [0.5, 0.6) is 0 Å². The second-order valence-corrected chi connectivity index (χ2v) is 5.60. The summed E-state index contributed by atoms with van der Waals surface area (Å²) in [5, 5.41) is 6.72. The van der Waals surface area contributed by atoms with E-state index in [4.69, 9.17) is 0 Å². The number of aliphatic imine (C=N–C) groups is 1. The van der Waals surface area contributed by atoms with Gasteiger partial charge >= 0.3 is 0 Å². The molecule has 0 aromatic heterocycles. The highest BCUT2D eigenvalue weighted by atomic mass is 15.2. The van der Waals surface area contributed by atoms with Crippen molar-refractivity contribution < 1.29 is 0 Å². The van der Waals surface area contributed by atoms with Crippen LogP contribution < -0.4 is 15.5 Å². The molecule has 1 aliphatic heterocycles. The molecule has 0 unspecified atom stereocenters. The second-order valence-electron chi connectivity index (χ2n) is 5.60. The van der Waals surface area contributed by atoms with Gasteiger partial charge in [-0.2, -0.15) is 0 Å². The second kappa shape index (κ2) is 9.13. The molecule has 22 heavy (non-hydrogen) atoms. The number of anilines is 1. The molecule has 0 spiro atoms. The largest absolute Gasteiger partial charge is 0.364 e. The van der Waals surface area contributed by atoms with Gasteiger partial charge in [0.1, 0.15) is 0 Å². The minimum absolute atomic E-state index is 0.798. The fraction of sp³-hybridized carbons (Fsp3) is 0.500. The third-order valence-corrected chi connectivity index (χ3v) is 3.88. The van der Waals surface area contributed by atoms with Crippen molar-refractivity contribution in [3.63, 3.8) is 0 Å². The van der Waals surface area contributed by atoms with Crippen molar-refractivity contribution >= 4 is 11.6 Å². The molecule has 1 heterocycles. The predicted molar refractivity (Wildman–Crippen MR) is 95.5 cm³/mol. The molecule has 0 fully saturated rings. The van der Waals surface area contributed by atoms with Gasteiger partial charge in [0.25, 0.3) is 0 Å². The lowest BCUT2D eigenvalue weighted by Crippen LogP contribution is -2.37. The number of nitrogens with zero attached hydrogens (tertiary/aromatic N) is 2. The molecule has 1 aromatic carbocycles. The van der Waals surface area contributed by atoms with Crippen LogP contribution in [0.3, 0.4) is 0 Å². The van der Waals surface area contributed by atoms with Gasteiger partial charge in [-0.25, -0.2) is 0 Å². The van der Waals surface area contributed by atoms with E-state index in [-0.39, 0.29) is 0 Å². The molecule has 0 saturated carbocycles. The summed E-state index contributed by atoms with van der Waals surface area (Å²) in [5.41, 5.74) is 2.56. The standard InChI is InChI=1S/C18H28N4/c1-3-4-5-12-20-18(19-2)21-15-16-8-10-17(11-9-16)22-13-6-7-14-22/h6-11H,3-5,12-15H2,1-2H3,(H2,19,20,21). The van der Waals surface area contributed by atoms with Crippen molar-refractivity contribution in [3.05, 3.63) is 42.0 Å². The van der Waals surface area contributed by atoms with Gasteiger partial charge in [0.2, 0.25) is 0 Å². The van der Waals surface area contributed by atoms with Crippen molar-refractivity contribution in [3.8, 4) is 0 Å². The Bertz CT molecular complexity index is 482. The Morgan fingerprint density at radius 1 is 1.09 bits per heavy atom. The van der Waals surface area contributed by atoms with Crippen molar-refractivity contribution in [2.24, 2.45) is 4.99 Å². The fourth-order valence-electron chi connectivity index (χ4n) is 2.50. The highest BCUT2D eigenvalue weighted by molar-refractivity contribution is 5.79. The normalized spacial score (nSPS) is 14.5. The monoisotopic (exact) mass is 300 g/mol. The number of guanidine groups is 1. The lowest BCUT2D eigenvalue weighted by molar-refractivity contribution is 0.683. The zero-order chi connectivity index (χ0) is 15.6. The topological polar surface area (TPSA) is 39.7 Å². The van der Waals surface area contributed by atoms with Gasteiger partial charge in [0.05, 0.1) is 0 Å². The fourth-order valence-corrected chi connectivity index (χ4v) is 2.50. The summed E-state index contributed by atoms with van der Waals surface area (Å²) in [5.74, 6) is 0.879. The molecule has 0 radical (unpaired) electrons. The van der Waals surface area contributed by atoms with E-state index in [2.05, 4.69) is 63.9 Å². The van der Waals surface area contributed by atoms with Crippen LogP contribution in [-0.2, 0) is 6.54 Å². The van der Waals surface area contributed by atoms with Crippen LogP contribution in [0.25, 0.3) is 0 Å². The van der Waals surface area contributed by atoms with E-state index < -0.39 is 0 Å². The van der Waals surface area contributed by atoms with Crippen LogP contribution in [0.4, 0.5) is 5.69 Å². The minimum atomic E-state index is 0.798. The Labute approximate surface area is 134 Å². The van der Waals surface area contributed by atoms with Crippen LogP contribution >= 0.6 is 0 Å². The van der Waals surface area contributed by atoms with Gasteiger partial charge in [-0.15, -0.1) is 0 Å². The molecule has 0 bridgehead atoms. The Morgan fingerprint density at radius 3 is 2.45 bits per heavy atom. The number of unbranched alkanes of at least 4 members (excludes halogenated alkanes) is 2. The number of hydrogen-bond acceptors (Lipinski definition) is 2. The average molecular weight is 300 g/mol. The molecule has 1 aromatic rings. The first-order chi connectivity index (χ1) is 10.8. The Balaban J connectivity index is 1.75. The first-order valence-electron chi connectivity index (χ1n) is 8.27. The Kier molecular flexibility index (Phi) is 6.81. The molecule has 1 aliphatic rings. The molecule has 2 N–H and O–H groups in total. The maximum atomic E-state index is 4.26. The maximum Gasteiger partial charge on any atom is 0.191 e. The summed E-state index contributed by atoms with van der Waals surface area (Å²) >= 11 is 0. The molecule has 2 rings (SSSR count). The molecule has 120 valence electrons. The van der Waals surface area contributed by atoms with Gasteiger partial charge in [-0.05, 0) is 24.1 Å². The summed E-state index contributed by atoms with van der Waals surface area (Å²) in [4.78, 5) is 6.61. The smallest absolute Gasteiger partial charge is 0.191 e.